The molecule has 4 nitrogen and oxygen atoms in total. The van der Waals surface area contributed by atoms with Gasteiger partial charge in [0.1, 0.15) is 5.01 Å². The highest BCUT2D eigenvalue weighted by Crippen LogP contribution is 2.29. The molecule has 2 N–H and O–H groups in total. The average Bonchev–Trinajstić information content (AvgIpc) is 2.86. The molecule has 1 aliphatic rings. The van der Waals surface area contributed by atoms with Crippen LogP contribution in [0.5, 0.6) is 0 Å². The average molecular weight is 325 g/mol. The number of thiazole rings is 1. The van der Waals surface area contributed by atoms with Gasteiger partial charge in [0.05, 0.1) is 6.54 Å². The summed E-state index contributed by atoms with van der Waals surface area (Å²) in [5.74, 6) is 1.74. The third-order valence-electron chi connectivity index (χ3n) is 2.71. The zero-order valence-corrected chi connectivity index (χ0v) is 12.1. The Morgan fingerprint density at radius 3 is 2.95 bits per heavy atom. The Hall–Kier alpha value is -0.800. The lowest BCUT2D eigenvalue weighted by Gasteiger charge is -2.22. The van der Waals surface area contributed by atoms with Gasteiger partial charge >= 0.3 is 6.18 Å². The highest BCUT2D eigenvalue weighted by molar-refractivity contribution is 7.99. The van der Waals surface area contributed by atoms with Gasteiger partial charge in [-0.25, -0.2) is 4.98 Å². The van der Waals surface area contributed by atoms with Crippen LogP contribution >= 0.6 is 23.1 Å². The van der Waals surface area contributed by atoms with Crippen molar-refractivity contribution in [3.8, 4) is 0 Å². The van der Waals surface area contributed by atoms with Gasteiger partial charge in [-0.1, -0.05) is 0 Å². The van der Waals surface area contributed by atoms with Crippen molar-refractivity contribution in [3.63, 3.8) is 0 Å². The maximum atomic E-state index is 12.4. The molecule has 112 valence electrons. The number of hydrogen-bond donors (Lipinski definition) is 2. The first-order chi connectivity index (χ1) is 9.45. The number of nitrogens with one attached hydrogen (secondary N) is 2. The SMILES string of the molecule is O=C(CC1CSCCN1)NCc1nc(C(F)(F)F)cs1. The third kappa shape index (κ3) is 4.64. The van der Waals surface area contributed by atoms with Gasteiger partial charge < -0.3 is 10.6 Å². The topological polar surface area (TPSA) is 54.0 Å². The summed E-state index contributed by atoms with van der Waals surface area (Å²) in [6, 6.07) is 0.135. The molecule has 1 aliphatic heterocycles. The summed E-state index contributed by atoms with van der Waals surface area (Å²) < 4.78 is 37.1. The van der Waals surface area contributed by atoms with Crippen LogP contribution in [-0.2, 0) is 17.5 Å². The molecule has 0 aliphatic carbocycles. The van der Waals surface area contributed by atoms with E-state index in [0.717, 1.165) is 34.8 Å². The molecule has 0 saturated carbocycles. The molecular formula is C11H14F3N3OS2. The van der Waals surface area contributed by atoms with E-state index in [1.165, 1.54) is 0 Å². The lowest BCUT2D eigenvalue weighted by molar-refractivity contribution is -0.140. The number of alkyl halides is 3. The Morgan fingerprint density at radius 1 is 1.55 bits per heavy atom. The quantitative estimate of drug-likeness (QED) is 0.887. The van der Waals surface area contributed by atoms with Crippen LogP contribution in [0, 0.1) is 0 Å². The number of aromatic nitrogens is 1. The van der Waals surface area contributed by atoms with Crippen LogP contribution in [-0.4, -0.2) is 35.0 Å². The minimum Gasteiger partial charge on any atom is -0.350 e. The summed E-state index contributed by atoms with van der Waals surface area (Å²) in [4.78, 5) is 15.1. The van der Waals surface area contributed by atoms with Crippen molar-refractivity contribution in [1.82, 2.24) is 15.6 Å². The lowest BCUT2D eigenvalue weighted by Crippen LogP contribution is -2.41. The van der Waals surface area contributed by atoms with E-state index in [1.807, 2.05) is 0 Å². The van der Waals surface area contributed by atoms with Crippen LogP contribution < -0.4 is 10.6 Å². The molecule has 1 aromatic rings. The molecule has 2 rings (SSSR count). The number of carbonyl (C=O) groups is 1. The number of carbonyl (C=O) groups excluding carboxylic acids is 1. The van der Waals surface area contributed by atoms with E-state index in [4.69, 9.17) is 0 Å². The van der Waals surface area contributed by atoms with Gasteiger partial charge in [-0.2, -0.15) is 24.9 Å². The number of nitrogens with zero attached hydrogens (tertiary/aromatic N) is 1. The number of rotatable bonds is 4. The minimum absolute atomic E-state index is 0.0411. The number of amides is 1. The van der Waals surface area contributed by atoms with Crippen molar-refractivity contribution in [2.24, 2.45) is 0 Å². The molecule has 0 spiro atoms. The fraction of sp³-hybridized carbons (Fsp3) is 0.636. The number of halogens is 3. The van der Waals surface area contributed by atoms with Crippen LogP contribution in [0.4, 0.5) is 13.2 Å². The van der Waals surface area contributed by atoms with E-state index in [0.29, 0.717) is 6.42 Å². The van der Waals surface area contributed by atoms with Crippen molar-refractivity contribution < 1.29 is 18.0 Å². The largest absolute Gasteiger partial charge is 0.434 e. The first-order valence-electron chi connectivity index (χ1n) is 6.04. The molecule has 1 atom stereocenters. The van der Waals surface area contributed by atoms with Crippen LogP contribution in [0.1, 0.15) is 17.1 Å². The van der Waals surface area contributed by atoms with Crippen LogP contribution in [0.2, 0.25) is 0 Å². The molecule has 9 heteroatoms. The number of hydrogen-bond acceptors (Lipinski definition) is 5. The van der Waals surface area contributed by atoms with Gasteiger partial charge in [0.25, 0.3) is 0 Å². The highest BCUT2D eigenvalue weighted by Gasteiger charge is 2.33. The maximum absolute atomic E-state index is 12.4. The van der Waals surface area contributed by atoms with Gasteiger partial charge in [-0.05, 0) is 0 Å². The standard InChI is InChI=1S/C11H14F3N3OS2/c12-11(13,14)8-6-20-10(17-8)4-16-9(18)3-7-5-19-2-1-15-7/h6-7,15H,1-5H2,(H,16,18). The summed E-state index contributed by atoms with van der Waals surface area (Å²) in [5.41, 5.74) is -0.905. The molecule has 1 amide bonds. The fourth-order valence-corrected chi connectivity index (χ4v) is 3.43. The van der Waals surface area contributed by atoms with E-state index in [9.17, 15) is 18.0 Å². The molecule has 1 aromatic heterocycles. The van der Waals surface area contributed by atoms with Crippen molar-refractivity contribution >= 4 is 29.0 Å². The summed E-state index contributed by atoms with van der Waals surface area (Å²) in [5, 5.41) is 7.05. The van der Waals surface area contributed by atoms with Crippen LogP contribution in [0.3, 0.4) is 0 Å². The smallest absolute Gasteiger partial charge is 0.350 e. The molecule has 1 unspecified atom stereocenters. The van der Waals surface area contributed by atoms with E-state index >= 15 is 0 Å². The fourth-order valence-electron chi connectivity index (χ4n) is 1.74. The number of thioether (sulfide) groups is 1. The second kappa shape index (κ2) is 6.77. The predicted octanol–water partition coefficient (Wildman–Crippen LogP) is 1.87. The zero-order valence-electron chi connectivity index (χ0n) is 10.5. The van der Waals surface area contributed by atoms with Gasteiger partial charge in [-0.15, -0.1) is 11.3 Å². The Morgan fingerprint density at radius 2 is 2.35 bits per heavy atom. The van der Waals surface area contributed by atoms with E-state index in [1.54, 1.807) is 11.8 Å². The summed E-state index contributed by atoms with van der Waals surface area (Å²) in [7, 11) is 0. The zero-order chi connectivity index (χ0) is 14.6. The second-order valence-corrected chi connectivity index (χ2v) is 6.42. The van der Waals surface area contributed by atoms with Gasteiger partial charge in [-0.3, -0.25) is 4.79 Å². The van der Waals surface area contributed by atoms with Crippen LogP contribution in [0.25, 0.3) is 0 Å². The monoisotopic (exact) mass is 325 g/mol. The Balaban J connectivity index is 1.76. The van der Waals surface area contributed by atoms with E-state index in [-0.39, 0.29) is 23.5 Å². The molecule has 0 bridgehead atoms. The van der Waals surface area contributed by atoms with E-state index in [2.05, 4.69) is 15.6 Å². The molecule has 0 aromatic carbocycles. The molecule has 20 heavy (non-hydrogen) atoms. The Bertz CT molecular complexity index is 458. The summed E-state index contributed by atoms with van der Waals surface area (Å²) in [6.07, 6.45) is -4.09. The minimum atomic E-state index is -4.43. The van der Waals surface area contributed by atoms with Crippen LogP contribution in [0.15, 0.2) is 5.38 Å². The van der Waals surface area contributed by atoms with Gasteiger partial charge in [0.2, 0.25) is 5.91 Å². The molecular weight excluding hydrogens is 311 g/mol. The summed E-state index contributed by atoms with van der Waals surface area (Å²) in [6.45, 7) is 0.920. The Labute approximate surface area is 122 Å². The van der Waals surface area contributed by atoms with Crippen molar-refractivity contribution in [2.45, 2.75) is 25.2 Å². The second-order valence-electron chi connectivity index (χ2n) is 4.33. The molecule has 2 heterocycles. The maximum Gasteiger partial charge on any atom is 0.434 e. The van der Waals surface area contributed by atoms with Gasteiger partial charge in [0.15, 0.2) is 5.69 Å². The highest BCUT2D eigenvalue weighted by atomic mass is 32.2. The van der Waals surface area contributed by atoms with Crippen molar-refractivity contribution in [1.29, 1.82) is 0 Å². The first-order valence-corrected chi connectivity index (χ1v) is 8.08. The van der Waals surface area contributed by atoms with Gasteiger partial charge in [0, 0.05) is 35.9 Å². The lowest BCUT2D eigenvalue weighted by atomic mass is 10.2. The predicted molar refractivity (Wildman–Crippen MR) is 72.7 cm³/mol. The molecule has 0 radical (unpaired) electrons. The van der Waals surface area contributed by atoms with E-state index < -0.39 is 11.9 Å². The molecule has 1 saturated heterocycles. The van der Waals surface area contributed by atoms with Crippen molar-refractivity contribution in [2.75, 3.05) is 18.1 Å². The van der Waals surface area contributed by atoms with Crippen molar-refractivity contribution in [3.05, 3.63) is 16.1 Å². The Kier molecular flexibility index (Phi) is 5.28. The first kappa shape index (κ1) is 15.6. The third-order valence-corrected chi connectivity index (χ3v) is 4.69. The molecule has 1 fully saturated rings. The normalized spacial score (nSPS) is 19.9. The summed E-state index contributed by atoms with van der Waals surface area (Å²) >= 11 is 2.69.